The molecule has 26 heavy (non-hydrogen) atoms. The second kappa shape index (κ2) is 9.46. The van der Waals surface area contributed by atoms with Crippen molar-refractivity contribution in [3.8, 4) is 17.2 Å². The van der Waals surface area contributed by atoms with Gasteiger partial charge in [-0.05, 0) is 49.6 Å². The van der Waals surface area contributed by atoms with E-state index in [4.69, 9.17) is 9.47 Å². The summed E-state index contributed by atoms with van der Waals surface area (Å²) < 4.78 is 10.9. The van der Waals surface area contributed by atoms with Crippen molar-refractivity contribution in [3.63, 3.8) is 0 Å². The molecule has 0 atom stereocenters. The summed E-state index contributed by atoms with van der Waals surface area (Å²) in [5.74, 6) is 0.907. The molecule has 0 saturated carbocycles. The predicted molar refractivity (Wildman–Crippen MR) is 101 cm³/mol. The van der Waals surface area contributed by atoms with Crippen molar-refractivity contribution in [1.29, 1.82) is 0 Å². The molecule has 1 amide bonds. The van der Waals surface area contributed by atoms with E-state index in [1.807, 2.05) is 39.0 Å². The maximum absolute atomic E-state index is 11.8. The van der Waals surface area contributed by atoms with E-state index in [9.17, 15) is 9.90 Å². The first-order valence-electron chi connectivity index (χ1n) is 8.47. The monoisotopic (exact) mass is 356 g/mol. The standard InChI is InChI=1S/C20H24N2O4/c1-4-9-25-17-8-7-16(18(23)11-17)12-21-22-20(24)13-26-19-10-14(2)5-6-15(19)3/h5-8,10-12,23H,4,9,13H2,1-3H3,(H,22,24). The largest absolute Gasteiger partial charge is 0.507 e. The number of carbonyl (C=O) groups excluding carboxylic acids is 1. The van der Waals surface area contributed by atoms with Gasteiger partial charge >= 0.3 is 0 Å². The highest BCUT2D eigenvalue weighted by molar-refractivity contribution is 5.85. The van der Waals surface area contributed by atoms with Crippen molar-refractivity contribution >= 4 is 12.1 Å². The van der Waals surface area contributed by atoms with E-state index < -0.39 is 0 Å². The third kappa shape index (κ3) is 5.81. The summed E-state index contributed by atoms with van der Waals surface area (Å²) in [6.07, 6.45) is 2.26. The number of ether oxygens (including phenoxy) is 2. The quantitative estimate of drug-likeness (QED) is 0.562. The molecule has 6 nitrogen and oxygen atoms in total. The molecule has 2 N–H and O–H groups in total. The lowest BCUT2D eigenvalue weighted by Crippen LogP contribution is -2.24. The van der Waals surface area contributed by atoms with Crippen LogP contribution >= 0.6 is 0 Å². The lowest BCUT2D eigenvalue weighted by Gasteiger charge is -2.09. The van der Waals surface area contributed by atoms with Gasteiger partial charge in [-0.3, -0.25) is 4.79 Å². The molecule has 0 aromatic heterocycles. The normalized spacial score (nSPS) is 10.7. The highest BCUT2D eigenvalue weighted by atomic mass is 16.5. The van der Waals surface area contributed by atoms with Crippen LogP contribution in [-0.4, -0.2) is 30.4 Å². The van der Waals surface area contributed by atoms with Crippen LogP contribution in [0.2, 0.25) is 0 Å². The summed E-state index contributed by atoms with van der Waals surface area (Å²) in [6, 6.07) is 10.7. The zero-order valence-corrected chi connectivity index (χ0v) is 15.3. The predicted octanol–water partition coefficient (Wildman–Crippen LogP) is 3.33. The molecule has 0 aliphatic carbocycles. The molecule has 0 radical (unpaired) electrons. The maximum Gasteiger partial charge on any atom is 0.277 e. The number of phenolic OH excluding ortho intramolecular Hbond substituents is 1. The molecule has 0 spiro atoms. The van der Waals surface area contributed by atoms with Crippen LogP contribution < -0.4 is 14.9 Å². The van der Waals surface area contributed by atoms with Gasteiger partial charge in [-0.15, -0.1) is 0 Å². The zero-order valence-electron chi connectivity index (χ0n) is 15.3. The second-order valence-electron chi connectivity index (χ2n) is 5.92. The van der Waals surface area contributed by atoms with Gasteiger partial charge in [0.1, 0.15) is 17.2 Å². The molecule has 0 fully saturated rings. The smallest absolute Gasteiger partial charge is 0.277 e. The molecule has 0 unspecified atom stereocenters. The van der Waals surface area contributed by atoms with Gasteiger partial charge in [0, 0.05) is 11.6 Å². The summed E-state index contributed by atoms with van der Waals surface area (Å²) in [5.41, 5.74) is 4.87. The van der Waals surface area contributed by atoms with Crippen LogP contribution in [0, 0.1) is 13.8 Å². The fourth-order valence-electron chi connectivity index (χ4n) is 2.15. The first-order chi connectivity index (χ1) is 12.5. The SMILES string of the molecule is CCCOc1ccc(C=NNC(=O)COc2cc(C)ccc2C)c(O)c1. The van der Waals surface area contributed by atoms with Crippen LogP contribution in [0.15, 0.2) is 41.5 Å². The van der Waals surface area contributed by atoms with Crippen molar-refractivity contribution in [3.05, 3.63) is 53.1 Å². The molecule has 2 rings (SSSR count). The van der Waals surface area contributed by atoms with Crippen LogP contribution in [0.3, 0.4) is 0 Å². The van der Waals surface area contributed by atoms with E-state index in [-0.39, 0.29) is 18.3 Å². The topological polar surface area (TPSA) is 80.2 Å². The summed E-state index contributed by atoms with van der Waals surface area (Å²) in [5, 5.41) is 13.8. The summed E-state index contributed by atoms with van der Waals surface area (Å²) in [6.45, 7) is 6.33. The Morgan fingerprint density at radius 1 is 1.19 bits per heavy atom. The lowest BCUT2D eigenvalue weighted by atomic mass is 10.1. The Labute approximate surface area is 153 Å². The van der Waals surface area contributed by atoms with Gasteiger partial charge in [0.15, 0.2) is 6.61 Å². The summed E-state index contributed by atoms with van der Waals surface area (Å²) >= 11 is 0. The molecule has 6 heteroatoms. The molecule has 0 heterocycles. The molecule has 2 aromatic carbocycles. The number of hydrazone groups is 1. The van der Waals surface area contributed by atoms with E-state index in [1.165, 1.54) is 12.3 Å². The molecule has 0 aliphatic rings. The maximum atomic E-state index is 11.8. The highest BCUT2D eigenvalue weighted by Crippen LogP contribution is 2.22. The molecule has 0 aliphatic heterocycles. The third-order valence-corrected chi connectivity index (χ3v) is 3.57. The van der Waals surface area contributed by atoms with Gasteiger partial charge in [0.05, 0.1) is 12.8 Å². The summed E-state index contributed by atoms with van der Waals surface area (Å²) in [7, 11) is 0. The average Bonchev–Trinajstić information content (AvgIpc) is 2.62. The number of aryl methyl sites for hydroxylation is 2. The van der Waals surface area contributed by atoms with Crippen LogP contribution in [0.1, 0.15) is 30.0 Å². The van der Waals surface area contributed by atoms with Gasteiger partial charge in [0.2, 0.25) is 0 Å². The molecule has 2 aromatic rings. The second-order valence-corrected chi connectivity index (χ2v) is 5.92. The number of hydrogen-bond donors (Lipinski definition) is 2. The van der Waals surface area contributed by atoms with Gasteiger partial charge in [-0.1, -0.05) is 19.1 Å². The molecule has 0 bridgehead atoms. The van der Waals surface area contributed by atoms with E-state index in [2.05, 4.69) is 10.5 Å². The van der Waals surface area contributed by atoms with Crippen LogP contribution in [0.4, 0.5) is 0 Å². The highest BCUT2D eigenvalue weighted by Gasteiger charge is 2.05. The molecule has 0 saturated heterocycles. The van der Waals surface area contributed by atoms with Crippen molar-refractivity contribution in [2.24, 2.45) is 5.10 Å². The summed E-state index contributed by atoms with van der Waals surface area (Å²) in [4.78, 5) is 11.8. The Morgan fingerprint density at radius 3 is 2.73 bits per heavy atom. The zero-order chi connectivity index (χ0) is 18.9. The van der Waals surface area contributed by atoms with Crippen LogP contribution in [0.25, 0.3) is 0 Å². The number of hydrogen-bond acceptors (Lipinski definition) is 5. The van der Waals surface area contributed by atoms with Crippen molar-refractivity contribution < 1.29 is 19.4 Å². The number of aromatic hydroxyl groups is 1. The Morgan fingerprint density at radius 2 is 2.00 bits per heavy atom. The van der Waals surface area contributed by atoms with Gasteiger partial charge < -0.3 is 14.6 Å². The Kier molecular flexibility index (Phi) is 7.02. The first-order valence-corrected chi connectivity index (χ1v) is 8.47. The molecular formula is C20H24N2O4. The number of benzene rings is 2. The lowest BCUT2D eigenvalue weighted by molar-refractivity contribution is -0.123. The van der Waals surface area contributed by atoms with E-state index in [0.29, 0.717) is 23.7 Å². The third-order valence-electron chi connectivity index (χ3n) is 3.57. The molecular weight excluding hydrogens is 332 g/mol. The van der Waals surface area contributed by atoms with Crippen molar-refractivity contribution in [2.45, 2.75) is 27.2 Å². The van der Waals surface area contributed by atoms with E-state index in [1.54, 1.807) is 12.1 Å². The average molecular weight is 356 g/mol. The van der Waals surface area contributed by atoms with E-state index >= 15 is 0 Å². The van der Waals surface area contributed by atoms with Crippen molar-refractivity contribution in [2.75, 3.05) is 13.2 Å². The van der Waals surface area contributed by atoms with Gasteiger partial charge in [0.25, 0.3) is 5.91 Å². The Bertz CT molecular complexity index is 787. The van der Waals surface area contributed by atoms with Crippen molar-refractivity contribution in [1.82, 2.24) is 5.43 Å². The van der Waals surface area contributed by atoms with Gasteiger partial charge in [-0.25, -0.2) is 5.43 Å². The van der Waals surface area contributed by atoms with Crippen LogP contribution in [0.5, 0.6) is 17.2 Å². The number of rotatable bonds is 8. The number of phenols is 1. The minimum absolute atomic E-state index is 0.0308. The van der Waals surface area contributed by atoms with E-state index in [0.717, 1.165) is 17.5 Å². The number of amides is 1. The Hall–Kier alpha value is -3.02. The fourth-order valence-corrected chi connectivity index (χ4v) is 2.15. The Balaban J connectivity index is 1.85. The van der Waals surface area contributed by atoms with Crippen LogP contribution in [-0.2, 0) is 4.79 Å². The minimum Gasteiger partial charge on any atom is -0.507 e. The number of nitrogens with zero attached hydrogens (tertiary/aromatic N) is 1. The fraction of sp³-hybridized carbons (Fsp3) is 0.300. The number of carbonyl (C=O) groups is 1. The minimum atomic E-state index is -0.385. The number of nitrogens with one attached hydrogen (secondary N) is 1. The van der Waals surface area contributed by atoms with Gasteiger partial charge in [-0.2, -0.15) is 5.10 Å². The molecule has 138 valence electrons. The first kappa shape index (κ1) is 19.3.